The summed E-state index contributed by atoms with van der Waals surface area (Å²) >= 11 is 1.62. The Hall–Kier alpha value is -2.87. The number of amides is 1. The van der Waals surface area contributed by atoms with E-state index >= 15 is 0 Å². The molecule has 0 bridgehead atoms. The molecule has 1 amide bonds. The van der Waals surface area contributed by atoms with Gasteiger partial charge < -0.3 is 4.74 Å². The third-order valence-electron chi connectivity index (χ3n) is 6.60. The van der Waals surface area contributed by atoms with E-state index in [4.69, 9.17) is 9.72 Å². The fourth-order valence-electron chi connectivity index (χ4n) is 5.00. The Morgan fingerprint density at radius 2 is 1.91 bits per heavy atom. The predicted molar refractivity (Wildman–Crippen MR) is 127 cm³/mol. The second-order valence-corrected chi connectivity index (χ2v) is 9.66. The topological polar surface area (TPSA) is 85.2 Å². The summed E-state index contributed by atoms with van der Waals surface area (Å²) in [5.74, 6) is 0.569. The van der Waals surface area contributed by atoms with E-state index in [0.29, 0.717) is 17.3 Å². The van der Waals surface area contributed by atoms with Gasteiger partial charge in [-0.3, -0.25) is 25.0 Å². The molecule has 8 heteroatoms. The lowest BCUT2D eigenvalue weighted by molar-refractivity contribution is 0.0959. The third-order valence-corrected chi connectivity index (χ3v) is 7.79. The number of nitrogens with zero attached hydrogens (tertiary/aromatic N) is 2. The minimum atomic E-state index is -0.336. The first kappa shape index (κ1) is 21.0. The van der Waals surface area contributed by atoms with Gasteiger partial charge in [0.05, 0.1) is 18.1 Å². The molecule has 3 aromatic rings. The highest BCUT2D eigenvalue weighted by molar-refractivity contribution is 7.18. The summed E-state index contributed by atoms with van der Waals surface area (Å²) in [6, 6.07) is 7.15. The van der Waals surface area contributed by atoms with Crippen molar-refractivity contribution in [1.82, 2.24) is 15.0 Å². The molecule has 0 unspecified atom stereocenters. The summed E-state index contributed by atoms with van der Waals surface area (Å²) in [6.45, 7) is 0. The molecule has 1 aromatic carbocycles. The van der Waals surface area contributed by atoms with E-state index in [1.807, 2.05) is 6.07 Å². The number of hydrogen-bond donors (Lipinski definition) is 2. The van der Waals surface area contributed by atoms with E-state index < -0.39 is 0 Å². The minimum Gasteiger partial charge on any atom is -0.496 e. The summed E-state index contributed by atoms with van der Waals surface area (Å²) in [4.78, 5) is 33.5. The molecule has 0 aliphatic heterocycles. The molecular weight excluding hydrogens is 424 g/mol. The quantitative estimate of drug-likeness (QED) is 0.553. The number of carbonyl (C=O) groups is 1. The number of nitrogens with one attached hydrogen (secondary N) is 2. The van der Waals surface area contributed by atoms with Crippen LogP contribution >= 0.6 is 11.3 Å². The fourth-order valence-corrected chi connectivity index (χ4v) is 6.25. The Labute approximate surface area is 190 Å². The summed E-state index contributed by atoms with van der Waals surface area (Å²) in [5, 5.41) is 0.789. The van der Waals surface area contributed by atoms with Crippen LogP contribution in [0.3, 0.4) is 0 Å². The van der Waals surface area contributed by atoms with Crippen molar-refractivity contribution in [2.75, 3.05) is 12.5 Å². The number of anilines is 1. The molecule has 0 atom stereocenters. The van der Waals surface area contributed by atoms with Crippen LogP contribution in [-0.4, -0.2) is 22.6 Å². The number of methoxy groups -OCH3 is 1. The number of aromatic nitrogens is 2. The van der Waals surface area contributed by atoms with Crippen molar-refractivity contribution in [3.05, 3.63) is 50.6 Å². The predicted octanol–water partition coefficient (Wildman–Crippen LogP) is 4.61. The molecule has 2 heterocycles. The van der Waals surface area contributed by atoms with E-state index in [2.05, 4.69) is 10.9 Å². The average Bonchev–Trinajstić information content (AvgIpc) is 3.21. The van der Waals surface area contributed by atoms with Gasteiger partial charge in [-0.2, -0.15) is 0 Å². The first-order valence-electron chi connectivity index (χ1n) is 11.4. The monoisotopic (exact) mass is 452 g/mol. The van der Waals surface area contributed by atoms with E-state index in [-0.39, 0.29) is 17.5 Å². The SMILES string of the molecule is COc1ccccc1C(=O)NNc1nc2sc3c(c2c(=O)n1C1CCCCC1)CCCC3. The standard InChI is InChI=1S/C24H28N4O3S/c1-31-18-13-7-5-11-16(18)21(29)26-27-24-25-22-20(17-12-6-8-14-19(17)32-22)23(30)28(24)15-9-3-2-4-10-15/h5,7,11,13,15H,2-4,6,8-10,12,14H2,1H3,(H,25,27)(H,26,29). The maximum Gasteiger partial charge on any atom is 0.273 e. The van der Waals surface area contributed by atoms with Crippen molar-refractivity contribution in [2.45, 2.75) is 63.8 Å². The molecule has 2 aliphatic carbocycles. The summed E-state index contributed by atoms with van der Waals surface area (Å²) in [5.41, 5.74) is 7.35. The number of para-hydroxylation sites is 1. The second-order valence-electron chi connectivity index (χ2n) is 8.57. The third kappa shape index (κ3) is 3.77. The summed E-state index contributed by atoms with van der Waals surface area (Å²) < 4.78 is 7.10. The molecule has 7 nitrogen and oxygen atoms in total. The van der Waals surface area contributed by atoms with Crippen LogP contribution in [0.1, 0.15) is 71.8 Å². The van der Waals surface area contributed by atoms with Gasteiger partial charge in [0.2, 0.25) is 5.95 Å². The minimum absolute atomic E-state index is 0.0235. The van der Waals surface area contributed by atoms with Crippen LogP contribution in [0.2, 0.25) is 0 Å². The van der Waals surface area contributed by atoms with Crippen LogP contribution in [0.5, 0.6) is 5.75 Å². The average molecular weight is 453 g/mol. The van der Waals surface area contributed by atoms with Gasteiger partial charge in [0.1, 0.15) is 10.6 Å². The van der Waals surface area contributed by atoms with E-state index in [1.165, 1.54) is 24.0 Å². The molecule has 2 aliphatic rings. The van der Waals surface area contributed by atoms with Gasteiger partial charge in [-0.15, -0.1) is 11.3 Å². The molecular formula is C24H28N4O3S. The first-order chi connectivity index (χ1) is 15.7. The van der Waals surface area contributed by atoms with Gasteiger partial charge in [-0.25, -0.2) is 4.98 Å². The molecule has 0 saturated heterocycles. The molecule has 0 radical (unpaired) electrons. The van der Waals surface area contributed by atoms with Gasteiger partial charge in [0.25, 0.3) is 11.5 Å². The Morgan fingerprint density at radius 3 is 2.72 bits per heavy atom. The lowest BCUT2D eigenvalue weighted by Crippen LogP contribution is -2.36. The van der Waals surface area contributed by atoms with Crippen molar-refractivity contribution in [1.29, 1.82) is 0 Å². The first-order valence-corrected chi connectivity index (χ1v) is 12.2. The van der Waals surface area contributed by atoms with Gasteiger partial charge in [0.15, 0.2) is 0 Å². The Morgan fingerprint density at radius 1 is 1.12 bits per heavy atom. The molecule has 2 N–H and O–H groups in total. The number of fused-ring (bicyclic) bond motifs is 3. The normalized spacial score (nSPS) is 16.5. The van der Waals surface area contributed by atoms with Crippen LogP contribution < -0.4 is 21.1 Å². The van der Waals surface area contributed by atoms with E-state index in [1.54, 1.807) is 34.1 Å². The maximum absolute atomic E-state index is 13.8. The van der Waals surface area contributed by atoms with Crippen LogP contribution in [-0.2, 0) is 12.8 Å². The van der Waals surface area contributed by atoms with Crippen LogP contribution in [0.15, 0.2) is 29.1 Å². The Bertz CT molecular complexity index is 1210. The maximum atomic E-state index is 13.8. The number of ether oxygens (including phenoxy) is 1. The smallest absolute Gasteiger partial charge is 0.273 e. The number of hydrazine groups is 1. The fraction of sp³-hybridized carbons (Fsp3) is 0.458. The van der Waals surface area contributed by atoms with E-state index in [0.717, 1.165) is 61.6 Å². The van der Waals surface area contributed by atoms with Gasteiger partial charge in [-0.05, 0) is 56.2 Å². The van der Waals surface area contributed by atoms with Crippen molar-refractivity contribution in [3.8, 4) is 5.75 Å². The number of benzene rings is 1. The molecule has 32 heavy (non-hydrogen) atoms. The van der Waals surface area contributed by atoms with Crippen molar-refractivity contribution in [3.63, 3.8) is 0 Å². The lowest BCUT2D eigenvalue weighted by Gasteiger charge is -2.26. The number of aryl methyl sites for hydroxylation is 2. The highest BCUT2D eigenvalue weighted by Crippen LogP contribution is 2.36. The van der Waals surface area contributed by atoms with Crippen LogP contribution in [0.4, 0.5) is 5.95 Å². The Balaban J connectivity index is 1.53. The Kier molecular flexibility index (Phi) is 5.87. The van der Waals surface area contributed by atoms with Gasteiger partial charge in [-0.1, -0.05) is 31.4 Å². The summed E-state index contributed by atoms with van der Waals surface area (Å²) in [7, 11) is 1.54. The summed E-state index contributed by atoms with van der Waals surface area (Å²) in [6.07, 6.45) is 9.56. The van der Waals surface area contributed by atoms with Crippen molar-refractivity contribution in [2.24, 2.45) is 0 Å². The highest BCUT2D eigenvalue weighted by Gasteiger charge is 2.26. The zero-order valence-corrected chi connectivity index (χ0v) is 19.1. The van der Waals surface area contributed by atoms with Gasteiger partial charge >= 0.3 is 0 Å². The number of carbonyl (C=O) groups excluding carboxylic acids is 1. The lowest BCUT2D eigenvalue weighted by atomic mass is 9.94. The van der Waals surface area contributed by atoms with E-state index in [9.17, 15) is 9.59 Å². The molecule has 1 saturated carbocycles. The van der Waals surface area contributed by atoms with Crippen molar-refractivity contribution >= 4 is 33.4 Å². The highest BCUT2D eigenvalue weighted by atomic mass is 32.1. The second kappa shape index (κ2) is 8.94. The molecule has 5 rings (SSSR count). The number of hydrogen-bond acceptors (Lipinski definition) is 6. The number of rotatable bonds is 5. The van der Waals surface area contributed by atoms with Gasteiger partial charge in [0, 0.05) is 10.9 Å². The molecule has 1 fully saturated rings. The largest absolute Gasteiger partial charge is 0.496 e. The van der Waals surface area contributed by atoms with Crippen LogP contribution in [0.25, 0.3) is 10.2 Å². The van der Waals surface area contributed by atoms with Crippen molar-refractivity contribution < 1.29 is 9.53 Å². The molecule has 0 spiro atoms. The molecule has 168 valence electrons. The van der Waals surface area contributed by atoms with Crippen LogP contribution in [0, 0.1) is 0 Å². The number of thiophene rings is 1. The molecule has 2 aromatic heterocycles. The zero-order valence-electron chi connectivity index (χ0n) is 18.3. The zero-order chi connectivity index (χ0) is 22.1.